The van der Waals surface area contributed by atoms with Gasteiger partial charge in [0.05, 0.1) is 11.5 Å². The van der Waals surface area contributed by atoms with Gasteiger partial charge < -0.3 is 5.11 Å². The summed E-state index contributed by atoms with van der Waals surface area (Å²) in [6.45, 7) is 4.58. The fraction of sp³-hybridized carbons (Fsp3) is 0.625. The zero-order chi connectivity index (χ0) is 15.5. The van der Waals surface area contributed by atoms with Gasteiger partial charge in [-0.15, -0.1) is 0 Å². The summed E-state index contributed by atoms with van der Waals surface area (Å²) in [6, 6.07) is 4.99. The van der Waals surface area contributed by atoms with Gasteiger partial charge in [-0.3, -0.25) is 0 Å². The molecule has 1 aliphatic rings. The molecule has 0 saturated heterocycles. The molecule has 0 aliphatic heterocycles. The van der Waals surface area contributed by atoms with E-state index in [0.29, 0.717) is 23.9 Å². The van der Waals surface area contributed by atoms with E-state index in [2.05, 4.69) is 11.6 Å². The van der Waals surface area contributed by atoms with Crippen LogP contribution in [0.3, 0.4) is 0 Å². The number of hydrogen-bond donors (Lipinski definition) is 2. The number of nitrogens with one attached hydrogen (secondary N) is 1. The summed E-state index contributed by atoms with van der Waals surface area (Å²) in [5, 5.41) is 9.36. The highest BCUT2D eigenvalue weighted by atomic mass is 32.2. The van der Waals surface area contributed by atoms with E-state index in [-0.39, 0.29) is 11.5 Å². The van der Waals surface area contributed by atoms with Crippen LogP contribution in [0.25, 0.3) is 0 Å². The highest BCUT2D eigenvalue weighted by Crippen LogP contribution is 2.30. The first-order valence-corrected chi connectivity index (χ1v) is 9.17. The monoisotopic (exact) mass is 311 g/mol. The number of aryl methyl sites for hydroxylation is 1. The lowest BCUT2D eigenvalue weighted by Gasteiger charge is -2.13. The first-order chi connectivity index (χ1) is 9.96. The van der Waals surface area contributed by atoms with Gasteiger partial charge in [0.25, 0.3) is 0 Å². The van der Waals surface area contributed by atoms with Gasteiger partial charge in [0.2, 0.25) is 10.0 Å². The molecule has 2 N–H and O–H groups in total. The van der Waals surface area contributed by atoms with E-state index in [1.165, 1.54) is 6.42 Å². The second kappa shape index (κ2) is 6.90. The standard InChI is InChI=1S/C16H25NO3S/c1-3-14-6-7-16(9-15(14)11-18)21(19,20)17-10-13-5-4-12(2)8-13/h6-7,9,12-13,17-18H,3-5,8,10-11H2,1-2H3. The lowest BCUT2D eigenvalue weighted by atomic mass is 10.1. The Hall–Kier alpha value is -0.910. The first kappa shape index (κ1) is 16.5. The van der Waals surface area contributed by atoms with Crippen LogP contribution >= 0.6 is 0 Å². The minimum atomic E-state index is -3.48. The van der Waals surface area contributed by atoms with Gasteiger partial charge >= 0.3 is 0 Å². The lowest BCUT2D eigenvalue weighted by Crippen LogP contribution is -2.28. The topological polar surface area (TPSA) is 66.4 Å². The summed E-state index contributed by atoms with van der Waals surface area (Å²) in [5.41, 5.74) is 1.68. The smallest absolute Gasteiger partial charge is 0.240 e. The van der Waals surface area contributed by atoms with Crippen LogP contribution in [0.1, 0.15) is 44.2 Å². The summed E-state index contributed by atoms with van der Waals surface area (Å²) in [7, 11) is -3.48. The average molecular weight is 311 g/mol. The number of aliphatic hydroxyl groups excluding tert-OH is 1. The third-order valence-electron chi connectivity index (χ3n) is 4.40. The van der Waals surface area contributed by atoms with E-state index < -0.39 is 10.0 Å². The maximum absolute atomic E-state index is 12.3. The van der Waals surface area contributed by atoms with E-state index in [4.69, 9.17) is 0 Å². The van der Waals surface area contributed by atoms with E-state index in [1.807, 2.05) is 6.92 Å². The molecule has 2 unspecified atom stereocenters. The Bertz CT molecular complexity index is 583. The lowest BCUT2D eigenvalue weighted by molar-refractivity contribution is 0.280. The SMILES string of the molecule is CCc1ccc(S(=O)(=O)NCC2CCC(C)C2)cc1CO. The molecule has 2 rings (SSSR count). The summed E-state index contributed by atoms with van der Waals surface area (Å²) >= 11 is 0. The minimum absolute atomic E-state index is 0.132. The molecule has 1 fully saturated rings. The fourth-order valence-corrected chi connectivity index (χ4v) is 4.25. The van der Waals surface area contributed by atoms with Gasteiger partial charge in [-0.1, -0.05) is 26.3 Å². The van der Waals surface area contributed by atoms with Crippen molar-refractivity contribution in [3.05, 3.63) is 29.3 Å². The second-order valence-corrected chi connectivity index (χ2v) is 7.85. The molecule has 1 saturated carbocycles. The highest BCUT2D eigenvalue weighted by Gasteiger charge is 2.23. The quantitative estimate of drug-likeness (QED) is 0.848. The Labute approximate surface area is 127 Å². The van der Waals surface area contributed by atoms with Crippen LogP contribution in [-0.4, -0.2) is 20.1 Å². The van der Waals surface area contributed by atoms with Crippen molar-refractivity contribution in [1.29, 1.82) is 0 Å². The van der Waals surface area contributed by atoms with Crippen LogP contribution in [0.2, 0.25) is 0 Å². The van der Waals surface area contributed by atoms with Crippen molar-refractivity contribution < 1.29 is 13.5 Å². The van der Waals surface area contributed by atoms with Crippen LogP contribution in [-0.2, 0) is 23.1 Å². The van der Waals surface area contributed by atoms with Crippen LogP contribution < -0.4 is 4.72 Å². The predicted octanol–water partition coefficient (Wildman–Crippen LogP) is 2.46. The molecule has 0 radical (unpaired) electrons. The number of sulfonamides is 1. The van der Waals surface area contributed by atoms with E-state index in [1.54, 1.807) is 18.2 Å². The first-order valence-electron chi connectivity index (χ1n) is 7.68. The Morgan fingerprint density at radius 3 is 2.62 bits per heavy atom. The maximum atomic E-state index is 12.3. The molecule has 0 heterocycles. The molecular weight excluding hydrogens is 286 g/mol. The van der Waals surface area contributed by atoms with Crippen LogP contribution in [0.4, 0.5) is 0 Å². The molecule has 0 aromatic heterocycles. The third-order valence-corrected chi connectivity index (χ3v) is 5.83. The van der Waals surface area contributed by atoms with Crippen molar-refractivity contribution in [3.8, 4) is 0 Å². The Kier molecular flexibility index (Phi) is 5.41. The molecule has 2 atom stereocenters. The van der Waals surface area contributed by atoms with Crippen molar-refractivity contribution >= 4 is 10.0 Å². The molecule has 1 aromatic carbocycles. The Morgan fingerprint density at radius 2 is 2.05 bits per heavy atom. The van der Waals surface area contributed by atoms with Crippen LogP contribution in [0, 0.1) is 11.8 Å². The summed E-state index contributed by atoms with van der Waals surface area (Å²) in [6.07, 6.45) is 4.16. The highest BCUT2D eigenvalue weighted by molar-refractivity contribution is 7.89. The van der Waals surface area contributed by atoms with Crippen molar-refractivity contribution in [2.24, 2.45) is 11.8 Å². The molecule has 1 aromatic rings. The summed E-state index contributed by atoms with van der Waals surface area (Å²) in [4.78, 5) is 0.245. The number of aliphatic hydroxyl groups is 1. The van der Waals surface area contributed by atoms with Gasteiger partial charge in [-0.2, -0.15) is 0 Å². The molecule has 0 spiro atoms. The average Bonchev–Trinajstić information content (AvgIpc) is 2.90. The van der Waals surface area contributed by atoms with Gasteiger partial charge in [0, 0.05) is 6.54 Å². The number of hydrogen-bond acceptors (Lipinski definition) is 3. The van der Waals surface area contributed by atoms with Crippen molar-refractivity contribution in [2.45, 2.75) is 51.0 Å². The van der Waals surface area contributed by atoms with E-state index in [0.717, 1.165) is 24.8 Å². The molecule has 5 heteroatoms. The van der Waals surface area contributed by atoms with Gasteiger partial charge in [0.15, 0.2) is 0 Å². The van der Waals surface area contributed by atoms with Crippen LogP contribution in [0.15, 0.2) is 23.1 Å². The van der Waals surface area contributed by atoms with Crippen molar-refractivity contribution in [2.75, 3.05) is 6.54 Å². The molecule has 1 aliphatic carbocycles. The summed E-state index contributed by atoms with van der Waals surface area (Å²) in [5.74, 6) is 1.14. The molecule has 4 nitrogen and oxygen atoms in total. The maximum Gasteiger partial charge on any atom is 0.240 e. The van der Waals surface area contributed by atoms with Crippen LogP contribution in [0.5, 0.6) is 0 Å². The van der Waals surface area contributed by atoms with Gasteiger partial charge in [0.1, 0.15) is 0 Å². The van der Waals surface area contributed by atoms with E-state index in [9.17, 15) is 13.5 Å². The fourth-order valence-electron chi connectivity index (χ4n) is 3.08. The van der Waals surface area contributed by atoms with E-state index >= 15 is 0 Å². The summed E-state index contributed by atoms with van der Waals surface area (Å²) < 4.78 is 27.4. The molecule has 118 valence electrons. The van der Waals surface area contributed by atoms with Crippen molar-refractivity contribution in [3.63, 3.8) is 0 Å². The zero-order valence-corrected chi connectivity index (χ0v) is 13.6. The number of benzene rings is 1. The largest absolute Gasteiger partial charge is 0.392 e. The molecule has 0 amide bonds. The molecule has 0 bridgehead atoms. The van der Waals surface area contributed by atoms with Gasteiger partial charge in [-0.25, -0.2) is 13.1 Å². The Morgan fingerprint density at radius 1 is 1.29 bits per heavy atom. The Balaban J connectivity index is 2.08. The predicted molar refractivity (Wildman–Crippen MR) is 83.4 cm³/mol. The second-order valence-electron chi connectivity index (χ2n) is 6.08. The number of rotatable bonds is 6. The zero-order valence-electron chi connectivity index (χ0n) is 12.8. The normalized spacial score (nSPS) is 22.6. The third kappa shape index (κ3) is 4.05. The molecule has 21 heavy (non-hydrogen) atoms. The molecular formula is C16H25NO3S. The minimum Gasteiger partial charge on any atom is -0.392 e. The van der Waals surface area contributed by atoms with Crippen molar-refractivity contribution in [1.82, 2.24) is 4.72 Å². The van der Waals surface area contributed by atoms with Gasteiger partial charge in [-0.05, 0) is 54.4 Å².